The van der Waals surface area contributed by atoms with Gasteiger partial charge in [0.05, 0.1) is 17.6 Å². The Hall–Kier alpha value is -1.89. The molecule has 1 amide bonds. The lowest BCUT2D eigenvalue weighted by Gasteiger charge is -2.05. The molecule has 0 aromatic carbocycles. The summed E-state index contributed by atoms with van der Waals surface area (Å²) in [7, 11) is 0. The molecular weight excluding hydrogens is 274 g/mol. The molecule has 0 aliphatic heterocycles. The number of carbonyl (C=O) groups excluding carboxylic acids is 1. The largest absolute Gasteiger partial charge is 0.324 e. The highest BCUT2D eigenvalue weighted by molar-refractivity contribution is 7.99. The first-order valence-electron chi connectivity index (χ1n) is 6.48. The topological polar surface area (TPSA) is 72.7 Å². The lowest BCUT2D eigenvalue weighted by atomic mass is 10.4. The Morgan fingerprint density at radius 2 is 2.35 bits per heavy atom. The number of nitrogens with one attached hydrogen (secondary N) is 1. The molecule has 106 valence electrons. The molecule has 0 spiro atoms. The molecule has 2 aromatic rings. The molecule has 0 aliphatic rings. The van der Waals surface area contributed by atoms with E-state index in [1.54, 1.807) is 41.1 Å². The third-order valence-corrected chi connectivity index (χ3v) is 3.60. The molecule has 2 heterocycles. The highest BCUT2D eigenvalue weighted by Crippen LogP contribution is 2.10. The van der Waals surface area contributed by atoms with E-state index in [1.807, 2.05) is 0 Å². The molecule has 0 saturated carbocycles. The lowest BCUT2D eigenvalue weighted by Crippen LogP contribution is -2.14. The van der Waals surface area contributed by atoms with Gasteiger partial charge in [0.1, 0.15) is 12.7 Å². The molecule has 0 saturated heterocycles. The van der Waals surface area contributed by atoms with Crippen molar-refractivity contribution >= 4 is 23.4 Å². The number of pyridine rings is 1. The molecule has 0 atom stereocenters. The summed E-state index contributed by atoms with van der Waals surface area (Å²) in [6, 6.07) is 3.59. The van der Waals surface area contributed by atoms with Gasteiger partial charge >= 0.3 is 0 Å². The zero-order chi connectivity index (χ0) is 14.2. The summed E-state index contributed by atoms with van der Waals surface area (Å²) in [5.41, 5.74) is 0.690. The van der Waals surface area contributed by atoms with Gasteiger partial charge in [-0.25, -0.2) is 14.6 Å². The van der Waals surface area contributed by atoms with Gasteiger partial charge < -0.3 is 5.32 Å². The van der Waals surface area contributed by atoms with E-state index in [2.05, 4.69) is 27.3 Å². The van der Waals surface area contributed by atoms with Crippen LogP contribution in [0.3, 0.4) is 0 Å². The zero-order valence-electron chi connectivity index (χ0n) is 11.3. The average molecular weight is 291 g/mol. The van der Waals surface area contributed by atoms with Crippen LogP contribution >= 0.6 is 11.8 Å². The quantitative estimate of drug-likeness (QED) is 0.791. The van der Waals surface area contributed by atoms with Crippen LogP contribution in [-0.2, 0) is 4.79 Å². The number of aromatic nitrogens is 4. The number of rotatable bonds is 7. The molecule has 0 radical (unpaired) electrons. The van der Waals surface area contributed by atoms with Crippen LogP contribution in [-0.4, -0.2) is 37.2 Å². The third-order valence-electron chi connectivity index (χ3n) is 2.56. The van der Waals surface area contributed by atoms with E-state index >= 15 is 0 Å². The maximum atomic E-state index is 11.7. The summed E-state index contributed by atoms with van der Waals surface area (Å²) in [5.74, 6) is 2.16. The van der Waals surface area contributed by atoms with Gasteiger partial charge in [-0.2, -0.15) is 16.9 Å². The second-order valence-corrected chi connectivity index (χ2v) is 5.30. The minimum absolute atomic E-state index is 0.00130. The van der Waals surface area contributed by atoms with Crippen LogP contribution in [0.1, 0.15) is 19.8 Å². The Kier molecular flexibility index (Phi) is 5.55. The van der Waals surface area contributed by atoms with E-state index in [4.69, 9.17) is 0 Å². The van der Waals surface area contributed by atoms with Gasteiger partial charge in [0.25, 0.3) is 0 Å². The first-order valence-corrected chi connectivity index (χ1v) is 7.63. The highest BCUT2D eigenvalue weighted by atomic mass is 32.2. The van der Waals surface area contributed by atoms with Crippen LogP contribution in [0.25, 0.3) is 5.82 Å². The van der Waals surface area contributed by atoms with Crippen molar-refractivity contribution in [2.75, 3.05) is 16.8 Å². The lowest BCUT2D eigenvalue weighted by molar-refractivity contribution is -0.113. The molecule has 20 heavy (non-hydrogen) atoms. The summed E-state index contributed by atoms with van der Waals surface area (Å²) in [5, 5.41) is 6.81. The minimum atomic E-state index is 0.00130. The standard InChI is InChI=1S/C13H17N5OS/c1-2-3-6-20-8-13(19)17-11-4-5-12(15-7-11)18-10-14-9-16-18/h4-5,7,9-10H,2-3,6,8H2,1H3,(H,17,19). The summed E-state index contributed by atoms with van der Waals surface area (Å²) in [6.45, 7) is 2.14. The smallest absolute Gasteiger partial charge is 0.234 e. The minimum Gasteiger partial charge on any atom is -0.324 e. The number of unbranched alkanes of at least 4 members (excludes halogenated alkanes) is 1. The number of carbonyl (C=O) groups is 1. The van der Waals surface area contributed by atoms with Crippen LogP contribution in [0, 0.1) is 0 Å². The molecule has 2 rings (SSSR count). The zero-order valence-corrected chi connectivity index (χ0v) is 12.1. The van der Waals surface area contributed by atoms with Crippen molar-refractivity contribution in [3.8, 4) is 5.82 Å². The van der Waals surface area contributed by atoms with E-state index in [-0.39, 0.29) is 5.91 Å². The fourth-order valence-electron chi connectivity index (χ4n) is 1.53. The Labute approximate surface area is 122 Å². The van der Waals surface area contributed by atoms with E-state index in [0.717, 1.165) is 18.6 Å². The molecule has 0 unspecified atom stereocenters. The Balaban J connectivity index is 1.83. The maximum Gasteiger partial charge on any atom is 0.234 e. The second-order valence-electron chi connectivity index (χ2n) is 4.20. The number of hydrogen-bond acceptors (Lipinski definition) is 5. The van der Waals surface area contributed by atoms with E-state index < -0.39 is 0 Å². The molecular formula is C13H17N5OS. The van der Waals surface area contributed by atoms with Gasteiger partial charge in [-0.3, -0.25) is 4.79 Å². The van der Waals surface area contributed by atoms with E-state index in [0.29, 0.717) is 17.3 Å². The normalized spacial score (nSPS) is 10.4. The van der Waals surface area contributed by atoms with Crippen molar-refractivity contribution in [1.82, 2.24) is 19.7 Å². The van der Waals surface area contributed by atoms with Gasteiger partial charge in [-0.15, -0.1) is 0 Å². The molecule has 2 aromatic heterocycles. The van der Waals surface area contributed by atoms with Crippen molar-refractivity contribution in [2.24, 2.45) is 0 Å². The SMILES string of the molecule is CCCCSCC(=O)Nc1ccc(-n2cncn2)nc1. The van der Waals surface area contributed by atoms with E-state index in [9.17, 15) is 4.79 Å². The second kappa shape index (κ2) is 7.64. The molecule has 6 nitrogen and oxygen atoms in total. The fraction of sp³-hybridized carbons (Fsp3) is 0.385. The van der Waals surface area contributed by atoms with Crippen molar-refractivity contribution in [1.29, 1.82) is 0 Å². The van der Waals surface area contributed by atoms with Crippen LogP contribution in [0.5, 0.6) is 0 Å². The first-order chi connectivity index (χ1) is 9.79. The van der Waals surface area contributed by atoms with Crippen molar-refractivity contribution in [3.05, 3.63) is 31.0 Å². The molecule has 1 N–H and O–H groups in total. The maximum absolute atomic E-state index is 11.7. The Morgan fingerprint density at radius 1 is 1.45 bits per heavy atom. The number of anilines is 1. The Bertz CT molecular complexity index is 526. The highest BCUT2D eigenvalue weighted by Gasteiger charge is 2.04. The van der Waals surface area contributed by atoms with Gasteiger partial charge in [-0.05, 0) is 24.3 Å². The van der Waals surface area contributed by atoms with Crippen LogP contribution in [0.15, 0.2) is 31.0 Å². The van der Waals surface area contributed by atoms with Gasteiger partial charge in [0.15, 0.2) is 5.82 Å². The van der Waals surface area contributed by atoms with E-state index in [1.165, 1.54) is 6.33 Å². The average Bonchev–Trinajstić information content (AvgIpc) is 2.99. The summed E-state index contributed by atoms with van der Waals surface area (Å²) in [4.78, 5) is 19.8. The monoisotopic (exact) mass is 291 g/mol. The first kappa shape index (κ1) is 14.5. The Morgan fingerprint density at radius 3 is 3.00 bits per heavy atom. The molecule has 0 aliphatic carbocycles. The van der Waals surface area contributed by atoms with Gasteiger partial charge in [-0.1, -0.05) is 13.3 Å². The van der Waals surface area contributed by atoms with Crippen molar-refractivity contribution in [2.45, 2.75) is 19.8 Å². The van der Waals surface area contributed by atoms with Crippen LogP contribution in [0.2, 0.25) is 0 Å². The fourth-order valence-corrected chi connectivity index (χ4v) is 2.43. The van der Waals surface area contributed by atoms with Crippen molar-refractivity contribution < 1.29 is 4.79 Å². The van der Waals surface area contributed by atoms with Crippen LogP contribution < -0.4 is 5.32 Å². The summed E-state index contributed by atoms with van der Waals surface area (Å²) < 4.78 is 1.56. The predicted molar refractivity (Wildman–Crippen MR) is 80.0 cm³/mol. The summed E-state index contributed by atoms with van der Waals surface area (Å²) >= 11 is 1.65. The van der Waals surface area contributed by atoms with Crippen LogP contribution in [0.4, 0.5) is 5.69 Å². The number of amides is 1. The van der Waals surface area contributed by atoms with Gasteiger partial charge in [0.2, 0.25) is 5.91 Å². The number of thioether (sulfide) groups is 1. The summed E-state index contributed by atoms with van der Waals surface area (Å²) in [6.07, 6.45) is 6.94. The molecule has 0 fully saturated rings. The molecule has 0 bridgehead atoms. The molecule has 7 heteroatoms. The number of hydrogen-bond donors (Lipinski definition) is 1. The third kappa shape index (κ3) is 4.34. The van der Waals surface area contributed by atoms with Gasteiger partial charge in [0, 0.05) is 0 Å². The predicted octanol–water partition coefficient (Wildman–Crippen LogP) is 2.13. The van der Waals surface area contributed by atoms with Crippen molar-refractivity contribution in [3.63, 3.8) is 0 Å². The number of nitrogens with zero attached hydrogens (tertiary/aromatic N) is 4.